The second-order valence-corrected chi connectivity index (χ2v) is 4.08. The number of hydrogen-bond acceptors (Lipinski definition) is 3. The SMILES string of the molecule is CCOC(=O)c1cc2c(Cl)cc(O)cc2n1C. The largest absolute Gasteiger partial charge is 0.508 e. The van der Waals surface area contributed by atoms with Crippen LogP contribution in [0.4, 0.5) is 0 Å². The first kappa shape index (κ1) is 11.8. The second kappa shape index (κ2) is 4.30. The zero-order valence-corrected chi connectivity index (χ0v) is 10.3. The molecule has 2 rings (SSSR count). The molecule has 1 aromatic heterocycles. The van der Waals surface area contributed by atoms with Gasteiger partial charge in [0.05, 0.1) is 17.1 Å². The van der Waals surface area contributed by atoms with Gasteiger partial charge in [0.2, 0.25) is 0 Å². The Hall–Kier alpha value is -1.68. The fraction of sp³-hybridized carbons (Fsp3) is 0.250. The molecule has 0 spiro atoms. The van der Waals surface area contributed by atoms with Crippen molar-refractivity contribution in [3.63, 3.8) is 0 Å². The van der Waals surface area contributed by atoms with E-state index in [4.69, 9.17) is 16.3 Å². The van der Waals surface area contributed by atoms with Crippen molar-refractivity contribution in [2.45, 2.75) is 6.92 Å². The van der Waals surface area contributed by atoms with Gasteiger partial charge in [-0.1, -0.05) is 11.6 Å². The van der Waals surface area contributed by atoms with Gasteiger partial charge in [0, 0.05) is 18.5 Å². The minimum absolute atomic E-state index is 0.0686. The van der Waals surface area contributed by atoms with Gasteiger partial charge >= 0.3 is 5.97 Å². The molecule has 1 heterocycles. The first-order valence-corrected chi connectivity index (χ1v) is 5.57. The highest BCUT2D eigenvalue weighted by Crippen LogP contribution is 2.30. The molecule has 0 amide bonds. The first-order chi connectivity index (χ1) is 8.04. The van der Waals surface area contributed by atoms with Gasteiger partial charge in [-0.2, -0.15) is 0 Å². The molecule has 90 valence electrons. The number of ether oxygens (including phenoxy) is 1. The average Bonchev–Trinajstić information content (AvgIpc) is 2.57. The highest BCUT2D eigenvalue weighted by atomic mass is 35.5. The van der Waals surface area contributed by atoms with Crippen LogP contribution < -0.4 is 0 Å². The summed E-state index contributed by atoms with van der Waals surface area (Å²) in [5.74, 6) is -0.333. The average molecular weight is 254 g/mol. The van der Waals surface area contributed by atoms with Crippen LogP contribution in [0.25, 0.3) is 10.9 Å². The number of aromatic hydroxyl groups is 1. The number of rotatable bonds is 2. The van der Waals surface area contributed by atoms with Crippen molar-refractivity contribution in [3.8, 4) is 5.75 Å². The van der Waals surface area contributed by atoms with E-state index in [-0.39, 0.29) is 5.75 Å². The number of phenolic OH excluding ortho intramolecular Hbond substituents is 1. The Labute approximate surface area is 103 Å². The van der Waals surface area contributed by atoms with E-state index in [1.54, 1.807) is 30.7 Å². The number of nitrogens with zero attached hydrogens (tertiary/aromatic N) is 1. The van der Waals surface area contributed by atoms with Gasteiger partial charge in [-0.05, 0) is 19.1 Å². The fourth-order valence-corrected chi connectivity index (χ4v) is 2.04. The maximum absolute atomic E-state index is 11.7. The van der Waals surface area contributed by atoms with E-state index in [9.17, 15) is 9.90 Å². The molecule has 17 heavy (non-hydrogen) atoms. The van der Waals surface area contributed by atoms with E-state index < -0.39 is 5.97 Å². The van der Waals surface area contributed by atoms with E-state index in [1.807, 2.05) is 0 Å². The number of hydrogen-bond donors (Lipinski definition) is 1. The van der Waals surface area contributed by atoms with Crippen molar-refractivity contribution >= 4 is 28.5 Å². The lowest BCUT2D eigenvalue weighted by atomic mass is 10.2. The molecular weight excluding hydrogens is 242 g/mol. The van der Waals surface area contributed by atoms with E-state index in [0.29, 0.717) is 22.8 Å². The molecule has 0 aliphatic heterocycles. The summed E-state index contributed by atoms with van der Waals surface area (Å²) in [5.41, 5.74) is 1.10. The maximum Gasteiger partial charge on any atom is 0.354 e. The lowest BCUT2D eigenvalue weighted by Gasteiger charge is -2.03. The summed E-state index contributed by atoms with van der Waals surface area (Å²) in [4.78, 5) is 11.7. The van der Waals surface area contributed by atoms with Crippen molar-refractivity contribution in [3.05, 3.63) is 28.9 Å². The highest BCUT2D eigenvalue weighted by molar-refractivity contribution is 6.35. The summed E-state index contributed by atoms with van der Waals surface area (Å²) in [6.45, 7) is 2.07. The smallest absolute Gasteiger partial charge is 0.354 e. The van der Waals surface area contributed by atoms with Crippen molar-refractivity contribution in [1.29, 1.82) is 0 Å². The van der Waals surface area contributed by atoms with Crippen LogP contribution in [0, 0.1) is 0 Å². The molecule has 0 saturated carbocycles. The summed E-state index contributed by atoms with van der Waals surface area (Å²) < 4.78 is 6.59. The van der Waals surface area contributed by atoms with Crippen LogP contribution in [0.2, 0.25) is 5.02 Å². The molecule has 0 unspecified atom stereocenters. The lowest BCUT2D eigenvalue weighted by Crippen LogP contribution is -2.09. The van der Waals surface area contributed by atoms with Crippen LogP contribution in [0.1, 0.15) is 17.4 Å². The molecule has 0 aliphatic rings. The highest BCUT2D eigenvalue weighted by Gasteiger charge is 2.16. The summed E-state index contributed by atoms with van der Waals surface area (Å²) in [6, 6.07) is 4.66. The molecule has 2 aromatic rings. The standard InChI is InChI=1S/C12H12ClNO3/c1-3-17-12(16)11-6-8-9(13)4-7(15)5-10(8)14(11)2/h4-6,15H,3H2,1-2H3. The molecule has 0 atom stereocenters. The summed E-state index contributed by atoms with van der Waals surface area (Å²) in [7, 11) is 1.73. The van der Waals surface area contributed by atoms with Gasteiger partial charge in [-0.25, -0.2) is 4.79 Å². The fourth-order valence-electron chi connectivity index (χ4n) is 1.77. The quantitative estimate of drug-likeness (QED) is 0.838. The molecule has 0 aliphatic carbocycles. The van der Waals surface area contributed by atoms with E-state index >= 15 is 0 Å². The minimum atomic E-state index is -0.401. The molecule has 1 aromatic carbocycles. The maximum atomic E-state index is 11.7. The zero-order valence-electron chi connectivity index (χ0n) is 9.53. The molecule has 5 heteroatoms. The number of halogens is 1. The van der Waals surface area contributed by atoms with Crippen LogP contribution in [0.15, 0.2) is 18.2 Å². The van der Waals surface area contributed by atoms with Crippen LogP contribution in [0.5, 0.6) is 5.75 Å². The Balaban J connectivity index is 2.64. The molecule has 0 saturated heterocycles. The zero-order chi connectivity index (χ0) is 12.6. The van der Waals surface area contributed by atoms with Gasteiger partial charge in [-0.3, -0.25) is 0 Å². The van der Waals surface area contributed by atoms with Gasteiger partial charge in [0.1, 0.15) is 11.4 Å². The third kappa shape index (κ3) is 1.96. The van der Waals surface area contributed by atoms with E-state index in [1.165, 1.54) is 6.07 Å². The molecule has 1 N–H and O–H groups in total. The van der Waals surface area contributed by atoms with E-state index in [2.05, 4.69) is 0 Å². The number of phenols is 1. The topological polar surface area (TPSA) is 51.5 Å². The summed E-state index contributed by atoms with van der Waals surface area (Å²) in [6.07, 6.45) is 0. The number of benzene rings is 1. The molecule has 0 bridgehead atoms. The normalized spacial score (nSPS) is 10.8. The Kier molecular flexibility index (Phi) is 2.98. The Bertz CT molecular complexity index is 589. The molecular formula is C12H12ClNO3. The molecule has 4 nitrogen and oxygen atoms in total. The predicted octanol–water partition coefficient (Wildman–Crippen LogP) is 2.71. The lowest BCUT2D eigenvalue weighted by molar-refractivity contribution is 0.0516. The number of fused-ring (bicyclic) bond motifs is 1. The number of carbonyl (C=O) groups excluding carboxylic acids is 1. The number of carbonyl (C=O) groups is 1. The van der Waals surface area contributed by atoms with Crippen LogP contribution in [-0.4, -0.2) is 22.2 Å². The third-order valence-corrected chi connectivity index (χ3v) is 2.89. The minimum Gasteiger partial charge on any atom is -0.508 e. The van der Waals surface area contributed by atoms with Gasteiger partial charge in [-0.15, -0.1) is 0 Å². The second-order valence-electron chi connectivity index (χ2n) is 3.67. The van der Waals surface area contributed by atoms with Crippen molar-refractivity contribution < 1.29 is 14.6 Å². The number of aryl methyl sites for hydroxylation is 1. The molecule has 0 radical (unpaired) electrons. The third-order valence-electron chi connectivity index (χ3n) is 2.58. The van der Waals surface area contributed by atoms with Gasteiger partial charge < -0.3 is 14.4 Å². The van der Waals surface area contributed by atoms with Crippen LogP contribution in [-0.2, 0) is 11.8 Å². The summed E-state index contributed by atoms with van der Waals surface area (Å²) >= 11 is 6.00. The van der Waals surface area contributed by atoms with E-state index in [0.717, 1.165) is 5.39 Å². The van der Waals surface area contributed by atoms with Crippen molar-refractivity contribution in [1.82, 2.24) is 4.57 Å². The van der Waals surface area contributed by atoms with Gasteiger partial charge in [0.25, 0.3) is 0 Å². The molecule has 0 fully saturated rings. The Morgan fingerprint density at radius 2 is 2.18 bits per heavy atom. The first-order valence-electron chi connectivity index (χ1n) is 5.19. The number of esters is 1. The predicted molar refractivity (Wildman–Crippen MR) is 65.6 cm³/mol. The van der Waals surface area contributed by atoms with Crippen molar-refractivity contribution in [2.24, 2.45) is 7.05 Å². The Morgan fingerprint density at radius 3 is 2.82 bits per heavy atom. The van der Waals surface area contributed by atoms with Crippen LogP contribution in [0.3, 0.4) is 0 Å². The number of aromatic nitrogens is 1. The van der Waals surface area contributed by atoms with Crippen LogP contribution >= 0.6 is 11.6 Å². The van der Waals surface area contributed by atoms with Gasteiger partial charge in [0.15, 0.2) is 0 Å². The Morgan fingerprint density at radius 1 is 1.47 bits per heavy atom. The monoisotopic (exact) mass is 253 g/mol. The summed E-state index contributed by atoms with van der Waals surface area (Å²) in [5, 5.41) is 10.6. The van der Waals surface area contributed by atoms with Crippen molar-refractivity contribution in [2.75, 3.05) is 6.61 Å².